The smallest absolute Gasteiger partial charge is 0.191 e. The number of rotatable bonds is 7. The van der Waals surface area contributed by atoms with Gasteiger partial charge in [0.15, 0.2) is 5.96 Å². The van der Waals surface area contributed by atoms with E-state index in [2.05, 4.69) is 20.7 Å². The fourth-order valence-electron chi connectivity index (χ4n) is 2.19. The minimum absolute atomic E-state index is 0.488. The summed E-state index contributed by atoms with van der Waals surface area (Å²) >= 11 is 0. The molecule has 0 radical (unpaired) electrons. The van der Waals surface area contributed by atoms with E-state index in [0.29, 0.717) is 6.54 Å². The standard InChI is InChI=1S/C14H25N5O/c1-2-15-13(17-12-14(20)6-3-7-14)16-8-4-10-19-11-5-9-18-19/h5,9,11,20H,2-4,6-8,10,12H2,1H3,(H2,15,16,17). The van der Waals surface area contributed by atoms with Crippen LogP contribution in [-0.4, -0.2) is 46.1 Å². The Kier molecular flexibility index (Phi) is 5.40. The molecule has 6 heteroatoms. The average molecular weight is 279 g/mol. The van der Waals surface area contributed by atoms with E-state index in [1.165, 1.54) is 0 Å². The number of nitrogens with zero attached hydrogens (tertiary/aromatic N) is 3. The Morgan fingerprint density at radius 3 is 2.90 bits per heavy atom. The van der Waals surface area contributed by atoms with E-state index in [1.54, 1.807) is 6.20 Å². The first-order chi connectivity index (χ1) is 9.72. The van der Waals surface area contributed by atoms with Crippen molar-refractivity contribution in [2.75, 3.05) is 19.6 Å². The molecule has 1 aromatic rings. The summed E-state index contributed by atoms with van der Waals surface area (Å²) in [5.74, 6) is 0.785. The summed E-state index contributed by atoms with van der Waals surface area (Å²) in [6, 6.07) is 1.93. The van der Waals surface area contributed by atoms with Gasteiger partial charge in [0.2, 0.25) is 0 Å². The van der Waals surface area contributed by atoms with E-state index in [-0.39, 0.29) is 0 Å². The maximum absolute atomic E-state index is 10.0. The maximum atomic E-state index is 10.0. The second-order valence-corrected chi connectivity index (χ2v) is 5.32. The number of aliphatic imine (C=N–C) groups is 1. The number of aromatic nitrogens is 2. The van der Waals surface area contributed by atoms with Gasteiger partial charge in [0.1, 0.15) is 0 Å². The van der Waals surface area contributed by atoms with E-state index in [9.17, 15) is 5.11 Å². The maximum Gasteiger partial charge on any atom is 0.191 e. The monoisotopic (exact) mass is 279 g/mol. The summed E-state index contributed by atoms with van der Waals surface area (Å²) in [7, 11) is 0. The van der Waals surface area contributed by atoms with Gasteiger partial charge in [-0.3, -0.25) is 9.67 Å². The summed E-state index contributed by atoms with van der Waals surface area (Å²) in [5, 5.41) is 20.7. The highest BCUT2D eigenvalue weighted by molar-refractivity contribution is 5.79. The Hall–Kier alpha value is -1.56. The van der Waals surface area contributed by atoms with Crippen LogP contribution in [0.25, 0.3) is 0 Å². The lowest BCUT2D eigenvalue weighted by molar-refractivity contribution is -0.0236. The molecule has 1 fully saturated rings. The molecule has 0 saturated heterocycles. The van der Waals surface area contributed by atoms with Crippen LogP contribution in [0.1, 0.15) is 32.6 Å². The summed E-state index contributed by atoms with van der Waals surface area (Å²) in [6.45, 7) is 5.08. The van der Waals surface area contributed by atoms with Gasteiger partial charge in [-0.05, 0) is 38.7 Å². The van der Waals surface area contributed by atoms with Crippen LogP contribution in [0.15, 0.2) is 23.5 Å². The molecule has 1 heterocycles. The Morgan fingerprint density at radius 1 is 1.45 bits per heavy atom. The SMILES string of the molecule is CCNC(=NCC1(O)CCC1)NCCCn1cccn1. The van der Waals surface area contributed by atoms with Crippen LogP contribution in [0.2, 0.25) is 0 Å². The fraction of sp³-hybridized carbons (Fsp3) is 0.714. The zero-order valence-corrected chi connectivity index (χ0v) is 12.2. The van der Waals surface area contributed by atoms with E-state index in [4.69, 9.17) is 0 Å². The molecule has 0 spiro atoms. The molecule has 1 aliphatic rings. The topological polar surface area (TPSA) is 74.5 Å². The predicted molar refractivity (Wildman–Crippen MR) is 79.6 cm³/mol. The lowest BCUT2D eigenvalue weighted by Gasteiger charge is -2.35. The second kappa shape index (κ2) is 7.28. The zero-order valence-electron chi connectivity index (χ0n) is 12.2. The number of guanidine groups is 1. The minimum atomic E-state index is -0.558. The third-order valence-electron chi connectivity index (χ3n) is 3.58. The summed E-state index contributed by atoms with van der Waals surface area (Å²) in [6.07, 6.45) is 7.59. The third kappa shape index (κ3) is 4.52. The van der Waals surface area contributed by atoms with Crippen molar-refractivity contribution in [3.63, 3.8) is 0 Å². The molecule has 20 heavy (non-hydrogen) atoms. The molecular formula is C14H25N5O. The normalized spacial score (nSPS) is 17.6. The van der Waals surface area contributed by atoms with E-state index < -0.39 is 5.60 Å². The van der Waals surface area contributed by atoms with Crippen molar-refractivity contribution >= 4 is 5.96 Å². The van der Waals surface area contributed by atoms with Crippen LogP contribution >= 0.6 is 0 Å². The Bertz CT molecular complexity index is 411. The molecule has 0 bridgehead atoms. The molecule has 112 valence electrons. The predicted octanol–water partition coefficient (Wildman–Crippen LogP) is 0.743. The van der Waals surface area contributed by atoms with Gasteiger partial charge in [-0.1, -0.05) is 0 Å². The van der Waals surface area contributed by atoms with Gasteiger partial charge in [-0.15, -0.1) is 0 Å². The van der Waals surface area contributed by atoms with Gasteiger partial charge in [-0.2, -0.15) is 5.10 Å². The molecule has 0 aromatic carbocycles. The number of aryl methyl sites for hydroxylation is 1. The van der Waals surface area contributed by atoms with Crippen LogP contribution in [0, 0.1) is 0 Å². The van der Waals surface area contributed by atoms with Crippen molar-refractivity contribution in [2.45, 2.75) is 44.8 Å². The van der Waals surface area contributed by atoms with Gasteiger partial charge in [0, 0.05) is 32.0 Å². The Balaban J connectivity index is 1.69. The van der Waals surface area contributed by atoms with Crippen LogP contribution in [-0.2, 0) is 6.54 Å². The van der Waals surface area contributed by atoms with Crippen molar-refractivity contribution < 1.29 is 5.11 Å². The van der Waals surface area contributed by atoms with Crippen molar-refractivity contribution in [2.24, 2.45) is 4.99 Å². The van der Waals surface area contributed by atoms with Gasteiger partial charge in [0.25, 0.3) is 0 Å². The van der Waals surface area contributed by atoms with Crippen molar-refractivity contribution in [1.82, 2.24) is 20.4 Å². The number of nitrogens with one attached hydrogen (secondary N) is 2. The van der Waals surface area contributed by atoms with Gasteiger partial charge >= 0.3 is 0 Å². The first kappa shape index (κ1) is 14.8. The molecule has 0 aliphatic heterocycles. The third-order valence-corrected chi connectivity index (χ3v) is 3.58. The molecule has 6 nitrogen and oxygen atoms in total. The van der Waals surface area contributed by atoms with E-state index >= 15 is 0 Å². The highest BCUT2D eigenvalue weighted by Gasteiger charge is 2.34. The second-order valence-electron chi connectivity index (χ2n) is 5.32. The highest BCUT2D eigenvalue weighted by Crippen LogP contribution is 2.31. The molecule has 1 saturated carbocycles. The van der Waals surface area contributed by atoms with Crippen LogP contribution in [0.3, 0.4) is 0 Å². The largest absolute Gasteiger partial charge is 0.388 e. The molecule has 1 aromatic heterocycles. The summed E-state index contributed by atoms with van der Waals surface area (Å²) < 4.78 is 1.92. The highest BCUT2D eigenvalue weighted by atomic mass is 16.3. The molecule has 3 N–H and O–H groups in total. The molecule has 1 aliphatic carbocycles. The lowest BCUT2D eigenvalue weighted by atomic mass is 9.80. The summed E-state index contributed by atoms with van der Waals surface area (Å²) in [5.41, 5.74) is -0.558. The van der Waals surface area contributed by atoms with Crippen molar-refractivity contribution in [3.8, 4) is 0 Å². The first-order valence-corrected chi connectivity index (χ1v) is 7.44. The van der Waals surface area contributed by atoms with Crippen molar-refractivity contribution in [3.05, 3.63) is 18.5 Å². The Morgan fingerprint density at radius 2 is 2.30 bits per heavy atom. The minimum Gasteiger partial charge on any atom is -0.388 e. The van der Waals surface area contributed by atoms with Gasteiger partial charge < -0.3 is 15.7 Å². The van der Waals surface area contributed by atoms with E-state index in [0.717, 1.165) is 51.3 Å². The first-order valence-electron chi connectivity index (χ1n) is 7.44. The van der Waals surface area contributed by atoms with Crippen LogP contribution in [0.4, 0.5) is 0 Å². The van der Waals surface area contributed by atoms with Gasteiger partial charge in [-0.25, -0.2) is 0 Å². The lowest BCUT2D eigenvalue weighted by Crippen LogP contribution is -2.43. The Labute approximate surface area is 120 Å². The molecule has 2 rings (SSSR count). The zero-order chi connectivity index (χ0) is 14.3. The fourth-order valence-corrected chi connectivity index (χ4v) is 2.19. The quantitative estimate of drug-likeness (QED) is 0.391. The number of hydrogen-bond donors (Lipinski definition) is 3. The van der Waals surface area contributed by atoms with Crippen LogP contribution in [0.5, 0.6) is 0 Å². The van der Waals surface area contributed by atoms with Crippen molar-refractivity contribution in [1.29, 1.82) is 0 Å². The van der Waals surface area contributed by atoms with Gasteiger partial charge in [0.05, 0.1) is 12.1 Å². The van der Waals surface area contributed by atoms with E-state index in [1.807, 2.05) is 23.9 Å². The van der Waals surface area contributed by atoms with Crippen LogP contribution < -0.4 is 10.6 Å². The average Bonchev–Trinajstić information content (AvgIpc) is 2.91. The molecule has 0 unspecified atom stereocenters. The number of aliphatic hydroxyl groups is 1. The molecule has 0 atom stereocenters. The molecule has 0 amide bonds. The number of hydrogen-bond acceptors (Lipinski definition) is 3. The summed E-state index contributed by atoms with van der Waals surface area (Å²) in [4.78, 5) is 4.46. The molecular weight excluding hydrogens is 254 g/mol.